The molecular weight excluding hydrogens is 441 g/mol. The number of alkyl halides is 2. The number of carbonyl (C=O) groups is 3. The highest BCUT2D eigenvalue weighted by molar-refractivity contribution is 6.47. The number of hydrogen-bond donors (Lipinski definition) is 1. The van der Waals surface area contributed by atoms with Crippen molar-refractivity contribution in [2.75, 3.05) is 6.79 Å². The van der Waals surface area contributed by atoms with Gasteiger partial charge < -0.3 is 23.9 Å². The van der Waals surface area contributed by atoms with Crippen LogP contribution < -0.4 is 4.65 Å². The Labute approximate surface area is 190 Å². The number of fused-ring (bicyclic) bond motifs is 1. The van der Waals surface area contributed by atoms with Gasteiger partial charge >= 0.3 is 19.2 Å². The first-order valence-corrected chi connectivity index (χ1v) is 11.0. The normalized spacial score (nSPS) is 18.7. The molecule has 180 valence electrons. The van der Waals surface area contributed by atoms with Gasteiger partial charge in [0.15, 0.2) is 0 Å². The molecule has 1 aliphatic carbocycles. The van der Waals surface area contributed by atoms with Crippen molar-refractivity contribution in [1.82, 2.24) is 0 Å². The van der Waals surface area contributed by atoms with Crippen LogP contribution in [0.3, 0.4) is 0 Å². The first-order chi connectivity index (χ1) is 15.6. The molecule has 0 unspecified atom stereocenters. The zero-order chi connectivity index (χ0) is 24.0. The number of halogens is 2. The third-order valence-electron chi connectivity index (χ3n) is 5.62. The zero-order valence-electron chi connectivity index (χ0n) is 18.4. The molecule has 1 aromatic carbocycles. The Morgan fingerprint density at radius 1 is 1.18 bits per heavy atom. The van der Waals surface area contributed by atoms with Crippen LogP contribution in [-0.2, 0) is 25.4 Å². The van der Waals surface area contributed by atoms with Crippen molar-refractivity contribution in [1.29, 1.82) is 0 Å². The first-order valence-electron chi connectivity index (χ1n) is 11.0. The van der Waals surface area contributed by atoms with E-state index in [1.807, 2.05) is 0 Å². The highest BCUT2D eigenvalue weighted by atomic mass is 19.3. The van der Waals surface area contributed by atoms with E-state index in [-0.39, 0.29) is 30.3 Å². The summed E-state index contributed by atoms with van der Waals surface area (Å²) in [4.78, 5) is 36.1. The summed E-state index contributed by atoms with van der Waals surface area (Å²) in [6, 6.07) is 4.62. The van der Waals surface area contributed by atoms with Gasteiger partial charge in [-0.25, -0.2) is 18.4 Å². The van der Waals surface area contributed by atoms with Gasteiger partial charge in [-0.15, -0.1) is 0 Å². The third kappa shape index (κ3) is 7.41. The van der Waals surface area contributed by atoms with E-state index in [2.05, 4.69) is 0 Å². The minimum Gasteiger partial charge on any atom is -0.535 e. The van der Waals surface area contributed by atoms with Crippen LogP contribution in [0.25, 0.3) is 0 Å². The van der Waals surface area contributed by atoms with Crippen molar-refractivity contribution in [2.45, 2.75) is 76.1 Å². The van der Waals surface area contributed by atoms with Crippen molar-refractivity contribution in [2.24, 2.45) is 0 Å². The number of benzene rings is 1. The second-order valence-corrected chi connectivity index (χ2v) is 8.58. The predicted octanol–water partition coefficient (Wildman–Crippen LogP) is 4.08. The molecule has 0 bridgehead atoms. The topological polar surface area (TPSA) is 108 Å². The molecule has 0 saturated heterocycles. The van der Waals surface area contributed by atoms with Gasteiger partial charge in [-0.2, -0.15) is 0 Å². The summed E-state index contributed by atoms with van der Waals surface area (Å²) in [7, 11) is -1.46. The minimum absolute atomic E-state index is 0.000617. The molecule has 1 aromatic rings. The summed E-state index contributed by atoms with van der Waals surface area (Å²) in [5.74, 6) is -5.31. The number of rotatable bonds is 8. The van der Waals surface area contributed by atoms with Gasteiger partial charge in [-0.3, -0.25) is 4.79 Å². The highest BCUT2D eigenvalue weighted by Gasteiger charge is 2.39. The van der Waals surface area contributed by atoms with E-state index in [4.69, 9.17) is 18.9 Å². The van der Waals surface area contributed by atoms with E-state index in [1.54, 1.807) is 12.1 Å². The van der Waals surface area contributed by atoms with Crippen LogP contribution in [-0.4, -0.2) is 48.9 Å². The molecule has 1 aliphatic heterocycles. The number of para-hydroxylation sites is 1. The smallest absolute Gasteiger partial charge is 0.526 e. The number of ether oxygens (including phenoxy) is 3. The Hall–Kier alpha value is -2.69. The van der Waals surface area contributed by atoms with Gasteiger partial charge in [0, 0.05) is 12.2 Å². The number of carbonyl (C=O) groups excluding carboxylic acids is 3. The fraction of sp³-hybridized carbons (Fsp3) is 0.591. The summed E-state index contributed by atoms with van der Waals surface area (Å²) < 4.78 is 46.5. The van der Waals surface area contributed by atoms with Crippen molar-refractivity contribution in [3.05, 3.63) is 29.3 Å². The van der Waals surface area contributed by atoms with E-state index >= 15 is 0 Å². The molecule has 33 heavy (non-hydrogen) atoms. The van der Waals surface area contributed by atoms with Crippen LogP contribution in [0, 0.1) is 0 Å². The Morgan fingerprint density at radius 2 is 1.91 bits per heavy atom. The van der Waals surface area contributed by atoms with Gasteiger partial charge in [0.05, 0.1) is 6.42 Å². The average Bonchev–Trinajstić information content (AvgIpc) is 2.73. The molecule has 1 atom stereocenters. The summed E-state index contributed by atoms with van der Waals surface area (Å²) in [6.45, 7) is 0.00422. The average molecular weight is 468 g/mol. The predicted molar refractivity (Wildman–Crippen MR) is 112 cm³/mol. The SMILES string of the molecule is CC(F)(F)CC(=O)C[C@H]1Cc2cccc(C(=O)OCOC(=O)OC3CCCCC3)c2OB1O. The molecule has 1 heterocycles. The van der Waals surface area contributed by atoms with Gasteiger partial charge in [0.2, 0.25) is 6.79 Å². The molecule has 0 aromatic heterocycles. The molecule has 0 amide bonds. The molecule has 11 heteroatoms. The summed E-state index contributed by atoms with van der Waals surface area (Å²) in [5.41, 5.74) is 0.522. The van der Waals surface area contributed by atoms with Crippen LogP contribution >= 0.6 is 0 Å². The van der Waals surface area contributed by atoms with Crippen LogP contribution in [0.2, 0.25) is 5.82 Å². The maximum atomic E-state index is 13.1. The second-order valence-electron chi connectivity index (χ2n) is 8.58. The minimum atomic E-state index is -3.13. The lowest BCUT2D eigenvalue weighted by molar-refractivity contribution is -0.125. The Morgan fingerprint density at radius 3 is 2.61 bits per heavy atom. The molecule has 8 nitrogen and oxygen atoms in total. The molecule has 1 fully saturated rings. The standard InChI is InChI=1S/C22H27BF2O8/c1-22(24,25)12-16(26)11-15-10-14-6-5-9-18(19(14)33-23(15)29)20(27)30-13-31-21(28)32-17-7-3-2-4-8-17/h5-6,9,15,17,29H,2-4,7-8,10-13H2,1H3/t15-/m1/s1. The Balaban J connectivity index is 1.54. The Kier molecular flexibility index (Phi) is 8.28. The van der Waals surface area contributed by atoms with Crippen molar-refractivity contribution in [3.63, 3.8) is 0 Å². The maximum absolute atomic E-state index is 13.1. The summed E-state index contributed by atoms with van der Waals surface area (Å²) in [6.07, 6.45) is 2.47. The van der Waals surface area contributed by atoms with E-state index in [9.17, 15) is 28.2 Å². The van der Waals surface area contributed by atoms with E-state index in [0.717, 1.165) is 32.1 Å². The summed E-state index contributed by atoms with van der Waals surface area (Å²) >= 11 is 0. The number of Topliss-reactive ketones (excluding diaryl/α,β-unsaturated/α-hetero) is 1. The van der Waals surface area contributed by atoms with Gasteiger partial charge in [0.25, 0.3) is 5.92 Å². The number of ketones is 1. The third-order valence-corrected chi connectivity index (χ3v) is 5.62. The lowest BCUT2D eigenvalue weighted by Gasteiger charge is -2.28. The van der Waals surface area contributed by atoms with Crippen molar-refractivity contribution < 1.29 is 47.1 Å². The van der Waals surface area contributed by atoms with Gasteiger partial charge in [0.1, 0.15) is 23.2 Å². The van der Waals surface area contributed by atoms with Gasteiger partial charge in [-0.1, -0.05) is 18.6 Å². The molecule has 1 saturated carbocycles. The lowest BCUT2D eigenvalue weighted by atomic mass is 9.64. The van der Waals surface area contributed by atoms with Crippen LogP contribution in [0.15, 0.2) is 18.2 Å². The van der Waals surface area contributed by atoms with Gasteiger partial charge in [-0.05, 0) is 50.7 Å². The first kappa shape index (κ1) is 24.9. The van der Waals surface area contributed by atoms with E-state index in [1.165, 1.54) is 6.07 Å². The Bertz CT molecular complexity index is 866. The van der Waals surface area contributed by atoms with Crippen molar-refractivity contribution >= 4 is 25.0 Å². The highest BCUT2D eigenvalue weighted by Crippen LogP contribution is 2.37. The molecule has 0 spiro atoms. The monoisotopic (exact) mass is 468 g/mol. The van der Waals surface area contributed by atoms with Crippen LogP contribution in [0.1, 0.15) is 67.8 Å². The fourth-order valence-electron chi connectivity index (χ4n) is 4.09. The molecule has 0 radical (unpaired) electrons. The van der Waals surface area contributed by atoms with E-state index in [0.29, 0.717) is 12.5 Å². The number of esters is 1. The van der Waals surface area contributed by atoms with E-state index < -0.39 is 50.0 Å². The molecule has 2 aliphatic rings. The molecule has 3 rings (SSSR count). The fourth-order valence-corrected chi connectivity index (χ4v) is 4.09. The lowest BCUT2D eigenvalue weighted by Crippen LogP contribution is -2.36. The van der Waals surface area contributed by atoms with Crippen LogP contribution in [0.4, 0.5) is 13.6 Å². The second kappa shape index (κ2) is 11.0. The molecular formula is C22H27BF2O8. The quantitative estimate of drug-likeness (QED) is 0.346. The summed E-state index contributed by atoms with van der Waals surface area (Å²) in [5, 5.41) is 10.3. The number of hydrogen-bond acceptors (Lipinski definition) is 8. The largest absolute Gasteiger partial charge is 0.535 e. The molecule has 1 N–H and O–H groups in total. The maximum Gasteiger partial charge on any atom is 0.526 e. The zero-order valence-corrected chi connectivity index (χ0v) is 18.4. The van der Waals surface area contributed by atoms with Crippen LogP contribution in [0.5, 0.6) is 5.75 Å². The van der Waals surface area contributed by atoms with Crippen molar-refractivity contribution in [3.8, 4) is 5.75 Å².